The molecule has 1 fully saturated rings. The molecule has 0 saturated heterocycles. The molecule has 132 valence electrons. The number of carbonyl (C=O) groups is 2. The Hall–Kier alpha value is -2.24. The first kappa shape index (κ1) is 18.1. The Morgan fingerprint density at radius 3 is 2.54 bits per heavy atom. The van der Waals surface area contributed by atoms with E-state index in [9.17, 15) is 9.59 Å². The van der Waals surface area contributed by atoms with Gasteiger partial charge in [-0.1, -0.05) is 25.3 Å². The summed E-state index contributed by atoms with van der Waals surface area (Å²) in [6, 6.07) is 4.93. The van der Waals surface area contributed by atoms with Crippen LogP contribution in [0.15, 0.2) is 18.2 Å². The number of nitrogens with one attached hydrogen (secondary N) is 1. The molecule has 0 aromatic heterocycles. The van der Waals surface area contributed by atoms with E-state index in [1.165, 1.54) is 33.5 Å². The van der Waals surface area contributed by atoms with E-state index in [4.69, 9.17) is 14.2 Å². The van der Waals surface area contributed by atoms with Crippen molar-refractivity contribution in [2.24, 2.45) is 5.92 Å². The van der Waals surface area contributed by atoms with Crippen LogP contribution in [0.5, 0.6) is 11.5 Å². The van der Waals surface area contributed by atoms with E-state index in [-0.39, 0.29) is 18.1 Å². The Labute approximate surface area is 142 Å². The third-order valence-corrected chi connectivity index (χ3v) is 4.27. The highest BCUT2D eigenvalue weighted by Crippen LogP contribution is 2.31. The van der Waals surface area contributed by atoms with Crippen molar-refractivity contribution in [2.45, 2.75) is 32.1 Å². The normalized spacial score (nSPS) is 14.8. The van der Waals surface area contributed by atoms with Crippen molar-refractivity contribution in [1.82, 2.24) is 5.32 Å². The zero-order valence-electron chi connectivity index (χ0n) is 14.3. The van der Waals surface area contributed by atoms with Gasteiger partial charge < -0.3 is 19.5 Å². The summed E-state index contributed by atoms with van der Waals surface area (Å²) >= 11 is 0. The largest absolute Gasteiger partial charge is 0.493 e. The average Bonchev–Trinajstić information content (AvgIpc) is 2.64. The summed E-state index contributed by atoms with van der Waals surface area (Å²) in [4.78, 5) is 24.0. The van der Waals surface area contributed by atoms with Crippen molar-refractivity contribution in [3.05, 3.63) is 23.8 Å². The van der Waals surface area contributed by atoms with Crippen LogP contribution in [0.3, 0.4) is 0 Å². The highest BCUT2D eigenvalue weighted by Gasteiger charge is 2.19. The van der Waals surface area contributed by atoms with Gasteiger partial charge in [0.15, 0.2) is 18.1 Å². The molecule has 0 heterocycles. The zero-order valence-corrected chi connectivity index (χ0v) is 14.3. The lowest BCUT2D eigenvalue weighted by atomic mass is 9.89. The predicted octanol–water partition coefficient (Wildman–Crippen LogP) is 2.56. The van der Waals surface area contributed by atoms with Crippen LogP contribution >= 0.6 is 0 Å². The van der Waals surface area contributed by atoms with Crippen LogP contribution in [-0.4, -0.2) is 39.2 Å². The lowest BCUT2D eigenvalue weighted by Gasteiger charge is -2.21. The van der Waals surface area contributed by atoms with Gasteiger partial charge in [-0.25, -0.2) is 4.79 Å². The van der Waals surface area contributed by atoms with Crippen molar-refractivity contribution >= 4 is 11.9 Å². The Balaban J connectivity index is 1.83. The molecule has 6 heteroatoms. The van der Waals surface area contributed by atoms with E-state index in [1.807, 2.05) is 0 Å². The van der Waals surface area contributed by atoms with E-state index in [1.54, 1.807) is 18.2 Å². The third-order valence-electron chi connectivity index (χ3n) is 4.27. The van der Waals surface area contributed by atoms with Crippen molar-refractivity contribution in [3.63, 3.8) is 0 Å². The minimum Gasteiger partial charge on any atom is -0.493 e. The summed E-state index contributed by atoms with van der Waals surface area (Å²) in [5.41, 5.74) is 0.233. The predicted molar refractivity (Wildman–Crippen MR) is 89.4 cm³/mol. The molecular formula is C18H25NO5. The van der Waals surface area contributed by atoms with Crippen molar-refractivity contribution in [3.8, 4) is 11.5 Å². The van der Waals surface area contributed by atoms with Gasteiger partial charge in [-0.15, -0.1) is 0 Å². The van der Waals surface area contributed by atoms with Gasteiger partial charge in [-0.05, 0) is 30.9 Å². The van der Waals surface area contributed by atoms with Gasteiger partial charge in [0.1, 0.15) is 5.56 Å². The lowest BCUT2D eigenvalue weighted by Crippen LogP contribution is -2.33. The maximum atomic E-state index is 12.2. The second kappa shape index (κ2) is 9.15. The second-order valence-corrected chi connectivity index (χ2v) is 5.93. The molecule has 1 aromatic carbocycles. The van der Waals surface area contributed by atoms with E-state index in [0.717, 1.165) is 12.8 Å². The Bertz CT molecular complexity index is 567. The average molecular weight is 335 g/mol. The maximum absolute atomic E-state index is 12.2. The topological polar surface area (TPSA) is 73.9 Å². The summed E-state index contributed by atoms with van der Waals surface area (Å²) in [5.74, 6) is 0.382. The molecule has 1 aliphatic carbocycles. The maximum Gasteiger partial charge on any atom is 0.342 e. The van der Waals surface area contributed by atoms with Gasteiger partial charge >= 0.3 is 5.97 Å². The fourth-order valence-corrected chi connectivity index (χ4v) is 2.96. The molecule has 1 aromatic rings. The molecule has 0 bridgehead atoms. The first-order valence-corrected chi connectivity index (χ1v) is 8.30. The smallest absolute Gasteiger partial charge is 0.342 e. The van der Waals surface area contributed by atoms with Gasteiger partial charge in [0, 0.05) is 6.54 Å². The standard InChI is InChI=1S/C18H25NO5/c1-22-15-10-6-9-14(17(15)23-2)18(21)24-12-16(20)19-11-13-7-4-3-5-8-13/h6,9-10,13H,3-5,7-8,11-12H2,1-2H3,(H,19,20). The van der Waals surface area contributed by atoms with Gasteiger partial charge in [0.25, 0.3) is 5.91 Å². The number of hydrogen-bond donors (Lipinski definition) is 1. The van der Waals surface area contributed by atoms with Crippen LogP contribution in [-0.2, 0) is 9.53 Å². The molecule has 1 saturated carbocycles. The first-order valence-electron chi connectivity index (χ1n) is 8.30. The molecule has 24 heavy (non-hydrogen) atoms. The minimum absolute atomic E-state index is 0.233. The van der Waals surface area contributed by atoms with E-state index in [2.05, 4.69) is 5.32 Å². The molecule has 1 N–H and O–H groups in total. The number of hydrogen-bond acceptors (Lipinski definition) is 5. The first-order chi connectivity index (χ1) is 11.7. The number of methoxy groups -OCH3 is 2. The molecule has 2 rings (SSSR count). The second-order valence-electron chi connectivity index (χ2n) is 5.93. The SMILES string of the molecule is COc1cccc(C(=O)OCC(=O)NCC2CCCCC2)c1OC. The minimum atomic E-state index is -0.612. The molecule has 0 unspecified atom stereocenters. The number of amides is 1. The number of esters is 1. The van der Waals surface area contributed by atoms with Gasteiger partial charge in [0.05, 0.1) is 14.2 Å². The van der Waals surface area contributed by atoms with Crippen LogP contribution in [0, 0.1) is 5.92 Å². The number of carbonyl (C=O) groups excluding carboxylic acids is 2. The fraction of sp³-hybridized carbons (Fsp3) is 0.556. The van der Waals surface area contributed by atoms with Gasteiger partial charge in [-0.3, -0.25) is 4.79 Å². The number of ether oxygens (including phenoxy) is 3. The third kappa shape index (κ3) is 4.88. The summed E-state index contributed by atoms with van der Waals surface area (Å²) in [7, 11) is 2.94. The summed E-state index contributed by atoms with van der Waals surface area (Å²) in [6.07, 6.45) is 6.04. The Kier molecular flexibility index (Phi) is 6.90. The number of benzene rings is 1. The molecule has 0 spiro atoms. The van der Waals surface area contributed by atoms with Crippen LogP contribution < -0.4 is 14.8 Å². The molecule has 0 aliphatic heterocycles. The molecule has 1 amide bonds. The van der Waals surface area contributed by atoms with E-state index < -0.39 is 5.97 Å². The Morgan fingerprint density at radius 2 is 1.88 bits per heavy atom. The monoisotopic (exact) mass is 335 g/mol. The molecule has 0 atom stereocenters. The number of para-hydroxylation sites is 1. The molecular weight excluding hydrogens is 310 g/mol. The molecule has 1 aliphatic rings. The quantitative estimate of drug-likeness (QED) is 0.775. The van der Waals surface area contributed by atoms with Gasteiger partial charge in [-0.2, -0.15) is 0 Å². The van der Waals surface area contributed by atoms with Crippen LogP contribution in [0.25, 0.3) is 0 Å². The van der Waals surface area contributed by atoms with Crippen molar-refractivity contribution < 1.29 is 23.8 Å². The van der Waals surface area contributed by atoms with Crippen molar-refractivity contribution in [2.75, 3.05) is 27.4 Å². The van der Waals surface area contributed by atoms with Crippen LogP contribution in [0.2, 0.25) is 0 Å². The number of rotatable bonds is 7. The molecule has 6 nitrogen and oxygen atoms in total. The molecule has 0 radical (unpaired) electrons. The van der Waals surface area contributed by atoms with Crippen molar-refractivity contribution in [1.29, 1.82) is 0 Å². The summed E-state index contributed by atoms with van der Waals surface area (Å²) in [5, 5.41) is 2.84. The lowest BCUT2D eigenvalue weighted by molar-refractivity contribution is -0.124. The van der Waals surface area contributed by atoms with E-state index in [0.29, 0.717) is 24.0 Å². The summed E-state index contributed by atoms with van der Waals surface area (Å²) in [6.45, 7) is 0.352. The van der Waals surface area contributed by atoms with Crippen LogP contribution in [0.4, 0.5) is 0 Å². The summed E-state index contributed by atoms with van der Waals surface area (Å²) < 4.78 is 15.4. The highest BCUT2D eigenvalue weighted by atomic mass is 16.5. The van der Waals surface area contributed by atoms with E-state index >= 15 is 0 Å². The fourth-order valence-electron chi connectivity index (χ4n) is 2.96. The van der Waals surface area contributed by atoms with Crippen LogP contribution in [0.1, 0.15) is 42.5 Å². The van der Waals surface area contributed by atoms with Gasteiger partial charge in [0.2, 0.25) is 0 Å². The highest BCUT2D eigenvalue weighted by molar-refractivity contribution is 5.94. The Morgan fingerprint density at radius 1 is 1.12 bits per heavy atom. The zero-order chi connectivity index (χ0) is 17.4.